The number of anilines is 1. The van der Waals surface area contributed by atoms with Crippen LogP contribution in [0.2, 0.25) is 0 Å². The fourth-order valence-corrected chi connectivity index (χ4v) is 6.20. The summed E-state index contributed by atoms with van der Waals surface area (Å²) in [6.45, 7) is 6.77. The van der Waals surface area contributed by atoms with E-state index in [1.807, 2.05) is 0 Å². The van der Waals surface area contributed by atoms with Crippen LogP contribution < -0.4 is 10.6 Å². The van der Waals surface area contributed by atoms with E-state index in [0.29, 0.717) is 24.7 Å². The highest BCUT2D eigenvalue weighted by Crippen LogP contribution is 2.33. The van der Waals surface area contributed by atoms with Gasteiger partial charge in [0.05, 0.1) is 30.3 Å². The maximum Gasteiger partial charge on any atom is 0.359 e. The lowest BCUT2D eigenvalue weighted by molar-refractivity contribution is -0.116. The van der Waals surface area contributed by atoms with Crippen molar-refractivity contribution in [3.63, 3.8) is 0 Å². The van der Waals surface area contributed by atoms with E-state index in [9.17, 15) is 30.8 Å². The molecular weight excluding hydrogens is 562 g/mol. The molecule has 0 saturated carbocycles. The lowest BCUT2D eigenvalue weighted by atomic mass is 9.84. The number of carbonyl (C=O) groups is 1. The van der Waals surface area contributed by atoms with Crippen molar-refractivity contribution in [2.45, 2.75) is 30.8 Å². The van der Waals surface area contributed by atoms with Crippen LogP contribution in [0.4, 0.5) is 23.2 Å². The van der Waals surface area contributed by atoms with Crippen LogP contribution in [-0.4, -0.2) is 61.6 Å². The molecule has 2 heterocycles. The Morgan fingerprint density at radius 1 is 1.10 bits per heavy atom. The number of nitrogens with one attached hydrogen (secondary N) is 2. The van der Waals surface area contributed by atoms with Gasteiger partial charge in [-0.3, -0.25) is 9.78 Å². The summed E-state index contributed by atoms with van der Waals surface area (Å²) in [6, 6.07) is 5.72. The number of nitrogens with zero attached hydrogens (tertiary/aromatic N) is 3. The highest BCUT2D eigenvalue weighted by atomic mass is 32.2. The van der Waals surface area contributed by atoms with Crippen molar-refractivity contribution < 1.29 is 30.8 Å². The molecule has 2 N–H and O–H groups in total. The van der Waals surface area contributed by atoms with Gasteiger partial charge in [0.2, 0.25) is 10.0 Å². The van der Waals surface area contributed by atoms with Crippen molar-refractivity contribution in [3.8, 4) is 6.57 Å². The third-order valence-electron chi connectivity index (χ3n) is 6.93. The number of halogens is 4. The molecule has 0 spiro atoms. The number of rotatable bonds is 9. The Kier molecular flexibility index (Phi) is 9.37. The Bertz CT molecular complexity index is 1540. The SMILES string of the molecule is C#[N+]C(C(=O)Nc1cncc(F)c1CCC1CNCCN1S(C)(=O)=O)C(c1ccc(F)cc1)c1cc(F)cc(F)c1. The number of piperazine rings is 1. The highest BCUT2D eigenvalue weighted by molar-refractivity contribution is 7.88. The zero-order valence-electron chi connectivity index (χ0n) is 22.0. The molecule has 1 saturated heterocycles. The second-order valence-electron chi connectivity index (χ2n) is 9.73. The molecule has 1 aliphatic heterocycles. The molecule has 4 rings (SSSR count). The van der Waals surface area contributed by atoms with E-state index in [2.05, 4.69) is 20.5 Å². The van der Waals surface area contributed by atoms with E-state index in [-0.39, 0.29) is 36.2 Å². The van der Waals surface area contributed by atoms with E-state index in [4.69, 9.17) is 6.57 Å². The zero-order valence-corrected chi connectivity index (χ0v) is 22.8. The molecule has 3 aromatic rings. The largest absolute Gasteiger partial charge is 0.359 e. The van der Waals surface area contributed by atoms with Crippen molar-refractivity contribution in [1.82, 2.24) is 14.6 Å². The molecule has 1 fully saturated rings. The molecule has 0 radical (unpaired) electrons. The monoisotopic (exact) mass is 590 g/mol. The number of carbonyl (C=O) groups excluding carboxylic acids is 1. The zero-order chi connectivity index (χ0) is 29.7. The van der Waals surface area contributed by atoms with Crippen LogP contribution in [0.3, 0.4) is 0 Å². The summed E-state index contributed by atoms with van der Waals surface area (Å²) in [5, 5.41) is 5.69. The van der Waals surface area contributed by atoms with Crippen molar-refractivity contribution >= 4 is 21.6 Å². The van der Waals surface area contributed by atoms with Gasteiger partial charge in [0.15, 0.2) is 0 Å². The Labute approximate surface area is 235 Å². The summed E-state index contributed by atoms with van der Waals surface area (Å²) in [5.41, 5.74) is 0.403. The summed E-state index contributed by atoms with van der Waals surface area (Å²) < 4.78 is 82.7. The van der Waals surface area contributed by atoms with E-state index in [1.54, 1.807) is 0 Å². The number of amides is 1. The standard InChI is InChI=1S/C28H27F4N5O3S/c1-33-27(26(17-3-5-19(29)6-4-17)18-11-20(30)13-21(31)12-18)28(38)36-25-16-35-15-24(32)23(25)8-7-22-14-34-9-10-37(22)41(2,39)40/h1,3-6,11-13,15-16,22,26-27,34H,7-10,14H2,2H3/p+1. The predicted octanol–water partition coefficient (Wildman–Crippen LogP) is 3.91. The Hall–Kier alpha value is -3.86. The lowest BCUT2D eigenvalue weighted by Gasteiger charge is -2.34. The maximum atomic E-state index is 15.0. The van der Waals surface area contributed by atoms with Crippen molar-refractivity contribution in [2.24, 2.45) is 0 Å². The third-order valence-corrected chi connectivity index (χ3v) is 8.26. The molecule has 41 heavy (non-hydrogen) atoms. The molecule has 13 heteroatoms. The minimum atomic E-state index is -3.49. The number of sulfonamides is 1. The van der Waals surface area contributed by atoms with Gasteiger partial charge >= 0.3 is 11.9 Å². The highest BCUT2D eigenvalue weighted by Gasteiger charge is 2.40. The quantitative estimate of drug-likeness (QED) is 0.369. The second kappa shape index (κ2) is 12.8. The van der Waals surface area contributed by atoms with Gasteiger partial charge in [-0.05, 0) is 48.2 Å². The van der Waals surface area contributed by atoms with Crippen molar-refractivity contribution in [3.05, 3.63) is 99.7 Å². The van der Waals surface area contributed by atoms with Crippen LogP contribution in [-0.2, 0) is 21.2 Å². The number of pyridine rings is 1. The van der Waals surface area contributed by atoms with Crippen LogP contribution in [0.5, 0.6) is 0 Å². The molecule has 8 nitrogen and oxygen atoms in total. The molecule has 3 atom stereocenters. The van der Waals surface area contributed by atoms with Gasteiger partial charge in [0.25, 0.3) is 6.57 Å². The smallest absolute Gasteiger partial charge is 0.317 e. The van der Waals surface area contributed by atoms with Crippen LogP contribution in [0, 0.1) is 29.8 Å². The van der Waals surface area contributed by atoms with Gasteiger partial charge in [0.1, 0.15) is 23.3 Å². The van der Waals surface area contributed by atoms with Gasteiger partial charge in [-0.25, -0.2) is 26.0 Å². The first-order valence-corrected chi connectivity index (χ1v) is 14.5. The average molecular weight is 591 g/mol. The third kappa shape index (κ3) is 7.27. The normalized spacial score (nSPS) is 17.4. The minimum absolute atomic E-state index is 0.00148. The molecule has 1 amide bonds. The van der Waals surface area contributed by atoms with E-state index in [1.165, 1.54) is 22.6 Å². The molecule has 1 aliphatic rings. The number of benzene rings is 2. The minimum Gasteiger partial charge on any atom is -0.317 e. The molecule has 0 aliphatic carbocycles. The van der Waals surface area contributed by atoms with Crippen molar-refractivity contribution in [1.29, 1.82) is 0 Å². The summed E-state index contributed by atoms with van der Waals surface area (Å²) in [5.74, 6) is -5.06. The summed E-state index contributed by atoms with van der Waals surface area (Å²) in [6.07, 6.45) is 3.62. The van der Waals surface area contributed by atoms with Gasteiger partial charge in [0, 0.05) is 37.3 Å². The van der Waals surface area contributed by atoms with E-state index >= 15 is 0 Å². The molecule has 216 valence electrons. The van der Waals surface area contributed by atoms with Gasteiger partial charge < -0.3 is 10.6 Å². The van der Waals surface area contributed by atoms with Gasteiger partial charge in [-0.1, -0.05) is 17.0 Å². The topological polar surface area (TPSA) is 95.8 Å². The van der Waals surface area contributed by atoms with E-state index in [0.717, 1.165) is 36.7 Å². The average Bonchev–Trinajstić information content (AvgIpc) is 2.91. The maximum absolute atomic E-state index is 15.0. The van der Waals surface area contributed by atoms with Crippen LogP contribution >= 0.6 is 0 Å². The van der Waals surface area contributed by atoms with Crippen LogP contribution in [0.15, 0.2) is 54.9 Å². The summed E-state index contributed by atoms with van der Waals surface area (Å²) in [7, 11) is -3.49. The van der Waals surface area contributed by atoms with Gasteiger partial charge in [-0.2, -0.15) is 4.31 Å². The molecule has 3 unspecified atom stereocenters. The molecule has 0 bridgehead atoms. The summed E-state index contributed by atoms with van der Waals surface area (Å²) >= 11 is 0. The first kappa shape index (κ1) is 30.1. The van der Waals surface area contributed by atoms with Crippen LogP contribution in [0.1, 0.15) is 29.0 Å². The Balaban J connectivity index is 1.63. The number of hydrogen-bond donors (Lipinski definition) is 2. The fourth-order valence-electron chi connectivity index (χ4n) is 5.05. The van der Waals surface area contributed by atoms with E-state index < -0.39 is 57.2 Å². The molecular formula is C28H28F4N5O3S+. The first-order chi connectivity index (χ1) is 19.5. The van der Waals surface area contributed by atoms with Crippen LogP contribution in [0.25, 0.3) is 4.85 Å². The second-order valence-corrected chi connectivity index (χ2v) is 11.7. The number of hydrogen-bond acceptors (Lipinski definition) is 5. The Morgan fingerprint density at radius 3 is 2.41 bits per heavy atom. The molecule has 2 aromatic carbocycles. The van der Waals surface area contributed by atoms with Gasteiger partial charge in [-0.15, -0.1) is 0 Å². The fraction of sp³-hybridized carbons (Fsp3) is 0.321. The predicted molar refractivity (Wildman–Crippen MR) is 146 cm³/mol. The lowest BCUT2D eigenvalue weighted by Crippen LogP contribution is -2.53. The number of aromatic nitrogens is 1. The first-order valence-electron chi connectivity index (χ1n) is 12.7. The molecule has 1 aromatic heterocycles. The summed E-state index contributed by atoms with van der Waals surface area (Å²) in [4.78, 5) is 21.0. The van der Waals surface area contributed by atoms with Crippen molar-refractivity contribution in [2.75, 3.05) is 31.2 Å². The Morgan fingerprint density at radius 2 is 1.78 bits per heavy atom.